The molecule has 3 aromatic rings. The molecule has 1 fully saturated rings. The molecule has 32 heavy (non-hydrogen) atoms. The summed E-state index contributed by atoms with van der Waals surface area (Å²) < 4.78 is 1.80. The summed E-state index contributed by atoms with van der Waals surface area (Å²) in [5.74, 6) is 0.557. The first-order valence-electron chi connectivity index (χ1n) is 11.3. The number of benzene rings is 2. The van der Waals surface area contributed by atoms with Crippen LogP contribution in [0.15, 0.2) is 71.9 Å². The van der Waals surface area contributed by atoms with E-state index in [4.69, 9.17) is 0 Å². The minimum atomic E-state index is -1.02. The van der Waals surface area contributed by atoms with Crippen LogP contribution < -0.4 is 24.8 Å². The van der Waals surface area contributed by atoms with Crippen LogP contribution in [0.4, 0.5) is 0 Å². The third-order valence-corrected chi connectivity index (χ3v) is 9.05. The van der Waals surface area contributed by atoms with E-state index in [1.165, 1.54) is 53.6 Å². The molecule has 4 heteroatoms. The van der Waals surface area contributed by atoms with Crippen molar-refractivity contribution >= 4 is 32.8 Å². The normalized spacial score (nSPS) is 17.4. The smallest absolute Gasteiger partial charge is 0.0771 e. The van der Waals surface area contributed by atoms with Gasteiger partial charge >= 0.3 is 59.5 Å². The Morgan fingerprint density at radius 2 is 1.34 bits per heavy atom. The van der Waals surface area contributed by atoms with Gasteiger partial charge in [0, 0.05) is 0 Å². The second kappa shape index (κ2) is 13.9. The van der Waals surface area contributed by atoms with Gasteiger partial charge < -0.3 is 24.8 Å². The van der Waals surface area contributed by atoms with Crippen molar-refractivity contribution in [2.45, 2.75) is 58.7 Å². The Hall–Kier alpha value is -0.660. The molecule has 1 atom stereocenters. The van der Waals surface area contributed by atoms with Crippen LogP contribution in [0.25, 0.3) is 21.5 Å². The molecule has 3 aromatic carbocycles. The van der Waals surface area contributed by atoms with Crippen molar-refractivity contribution in [1.29, 1.82) is 0 Å². The van der Waals surface area contributed by atoms with Gasteiger partial charge in [-0.1, -0.05) is 68.9 Å². The third kappa shape index (κ3) is 8.60. The predicted molar refractivity (Wildman–Crippen MR) is 134 cm³/mol. The van der Waals surface area contributed by atoms with Crippen molar-refractivity contribution in [3.8, 4) is 0 Å². The Balaban J connectivity index is 0.000000244. The Labute approximate surface area is 223 Å². The van der Waals surface area contributed by atoms with Gasteiger partial charge in [0.25, 0.3) is 0 Å². The molecule has 0 bridgehead atoms. The summed E-state index contributed by atoms with van der Waals surface area (Å²) in [5.41, 5.74) is 0. The summed E-state index contributed by atoms with van der Waals surface area (Å²) >= 11 is 1.69. The fourth-order valence-electron chi connectivity index (χ4n) is 3.94. The van der Waals surface area contributed by atoms with Crippen molar-refractivity contribution in [2.24, 2.45) is 5.92 Å². The number of allylic oxidation sites excluding steroid dienone is 4. The average Bonchev–Trinajstić information content (AvgIpc) is 3.33. The monoisotopic (exact) mass is 558 g/mol. The zero-order valence-electron chi connectivity index (χ0n) is 19.7. The first kappa shape index (κ1) is 29.4. The van der Waals surface area contributed by atoms with Crippen molar-refractivity contribution in [1.82, 2.24) is 0 Å². The van der Waals surface area contributed by atoms with Crippen LogP contribution in [-0.2, 0) is 24.2 Å². The molecular weight excluding hydrogens is 527 g/mol. The molecule has 170 valence electrons. The van der Waals surface area contributed by atoms with Crippen LogP contribution in [0.1, 0.15) is 39.0 Å². The molecule has 2 aliphatic rings. The van der Waals surface area contributed by atoms with Crippen LogP contribution in [0.2, 0.25) is 19.6 Å². The van der Waals surface area contributed by atoms with E-state index < -0.39 is 8.07 Å². The van der Waals surface area contributed by atoms with Crippen LogP contribution in [0.5, 0.6) is 0 Å². The van der Waals surface area contributed by atoms with Gasteiger partial charge in [0.2, 0.25) is 0 Å². The third-order valence-electron chi connectivity index (χ3n) is 5.78. The zero-order chi connectivity index (χ0) is 21.6. The van der Waals surface area contributed by atoms with Gasteiger partial charge in [-0.15, -0.1) is 39.7 Å². The summed E-state index contributed by atoms with van der Waals surface area (Å²) in [6, 6.07) is 19.3. The molecule has 1 saturated carbocycles. The van der Waals surface area contributed by atoms with Gasteiger partial charge in [0.15, 0.2) is 0 Å². The van der Waals surface area contributed by atoms with Crippen LogP contribution in [0.3, 0.4) is 0 Å². The summed E-state index contributed by atoms with van der Waals surface area (Å²) in [5, 5.41) is 6.95. The average molecular weight is 561 g/mol. The maximum atomic E-state index is 3.29. The van der Waals surface area contributed by atoms with Crippen molar-refractivity contribution in [3.63, 3.8) is 0 Å². The molecule has 0 nitrogen and oxygen atoms in total. The molecule has 0 heterocycles. The van der Waals surface area contributed by atoms with Gasteiger partial charge in [-0.25, -0.2) is 11.3 Å². The number of hydrogen-bond acceptors (Lipinski definition) is 0. The fourth-order valence-corrected chi connectivity index (χ4v) is 6.07. The first-order valence-corrected chi connectivity index (χ1v) is 16.0. The number of halogens is 2. The molecule has 0 N–H and O–H groups in total. The van der Waals surface area contributed by atoms with E-state index >= 15 is 0 Å². The Bertz CT molecular complexity index is 998. The SMILES string of the molecule is CC1[C-]=CC([Si](C)(C)C)=C1.[Cl-].[Cl-].[Zr+2]=[C]1CCCCC1.c1ccc2c(c1)[cH-]c1ccccc12. The number of hydrogen-bond donors (Lipinski definition) is 0. The van der Waals surface area contributed by atoms with Gasteiger partial charge in [0.05, 0.1) is 0 Å². The Morgan fingerprint density at radius 1 is 0.844 bits per heavy atom. The fraction of sp³-hybridized carbons (Fsp3) is 0.357. The second-order valence-corrected chi connectivity index (χ2v) is 16.3. The van der Waals surface area contributed by atoms with E-state index in [1.807, 2.05) is 0 Å². The van der Waals surface area contributed by atoms with E-state index in [0.29, 0.717) is 5.92 Å². The summed E-state index contributed by atoms with van der Waals surface area (Å²) in [6.07, 6.45) is 15.1. The van der Waals surface area contributed by atoms with E-state index in [-0.39, 0.29) is 24.8 Å². The van der Waals surface area contributed by atoms with Crippen LogP contribution >= 0.6 is 0 Å². The molecule has 5 rings (SSSR count). The van der Waals surface area contributed by atoms with Gasteiger partial charge in [0.1, 0.15) is 0 Å². The number of fused-ring (bicyclic) bond motifs is 3. The zero-order valence-corrected chi connectivity index (χ0v) is 24.7. The van der Waals surface area contributed by atoms with E-state index in [9.17, 15) is 0 Å². The minimum absolute atomic E-state index is 0. The van der Waals surface area contributed by atoms with E-state index in [2.05, 4.69) is 99.4 Å². The predicted octanol–water partition coefficient (Wildman–Crippen LogP) is 2.19. The summed E-state index contributed by atoms with van der Waals surface area (Å²) in [7, 11) is -1.02. The van der Waals surface area contributed by atoms with E-state index in [0.717, 1.165) is 0 Å². The standard InChI is InChI=1S/C13H9.C9H15Si.C6H10.2ClH.Zr/c1-3-7-12-10(5-1)9-11-6-2-4-8-13(11)12;1-8-5-6-9(7-8)10(2,3)4;1-2-4-6-5-3-1;;;/h1-9H;6-8H,1-4H3;1-5H2;2*1H;/q2*-1;;;;+2/p-2. The maximum absolute atomic E-state index is 3.29. The molecule has 0 aliphatic heterocycles. The van der Waals surface area contributed by atoms with Crippen molar-refractivity contribution in [3.05, 3.63) is 78.0 Å². The molecule has 2 aliphatic carbocycles. The van der Waals surface area contributed by atoms with Crippen molar-refractivity contribution < 1.29 is 49.0 Å². The Kier molecular flexibility index (Phi) is 12.8. The van der Waals surface area contributed by atoms with E-state index in [1.54, 1.807) is 32.6 Å². The van der Waals surface area contributed by atoms with Gasteiger partial charge in [-0.3, -0.25) is 6.08 Å². The number of rotatable bonds is 1. The topological polar surface area (TPSA) is 0 Å². The molecule has 0 spiro atoms. The molecule has 0 aromatic heterocycles. The summed E-state index contributed by atoms with van der Waals surface area (Å²) in [6.45, 7) is 9.29. The molecule has 1 unspecified atom stereocenters. The van der Waals surface area contributed by atoms with Crippen LogP contribution in [-0.4, -0.2) is 11.3 Å². The summed E-state index contributed by atoms with van der Waals surface area (Å²) in [4.78, 5) is 0. The minimum Gasteiger partial charge on any atom is -0.126 e. The molecule has 0 amide bonds. The van der Waals surface area contributed by atoms with Gasteiger partial charge in [-0.05, 0) is 8.07 Å². The molecule has 0 radical (unpaired) electrons. The maximum Gasteiger partial charge on any atom is -0.0771 e. The van der Waals surface area contributed by atoms with Crippen LogP contribution in [0, 0.1) is 12.0 Å². The Morgan fingerprint density at radius 3 is 1.69 bits per heavy atom. The first-order chi connectivity index (χ1) is 14.3. The largest absolute Gasteiger partial charge is 0.126 e. The van der Waals surface area contributed by atoms with Gasteiger partial charge in [-0.2, -0.15) is 6.08 Å². The quantitative estimate of drug-likeness (QED) is 0.316. The second-order valence-electron chi connectivity index (χ2n) is 9.45. The van der Waals surface area contributed by atoms with Crippen molar-refractivity contribution in [2.75, 3.05) is 0 Å². The molecule has 0 saturated heterocycles. The molecular formula is C28H34Cl2SiZr-2.